The Kier molecular flexibility index (Phi) is 5.44. The van der Waals surface area contributed by atoms with Crippen LogP contribution in [0.25, 0.3) is 0 Å². The van der Waals surface area contributed by atoms with Gasteiger partial charge in [0.2, 0.25) is 0 Å². The Bertz CT molecular complexity index is 850. The third kappa shape index (κ3) is 3.16. The van der Waals surface area contributed by atoms with Gasteiger partial charge in [-0.3, -0.25) is 4.79 Å². The molecule has 4 heteroatoms. The van der Waals surface area contributed by atoms with Crippen molar-refractivity contribution in [3.8, 4) is 0 Å². The molecular weight excluding hydrogens is 388 g/mol. The maximum Gasteiger partial charge on any atom is 0.312 e. The van der Waals surface area contributed by atoms with Crippen LogP contribution in [0, 0.1) is 17.3 Å². The predicted octanol–water partition coefficient (Wildman–Crippen LogP) is 4.54. The fourth-order valence-corrected chi connectivity index (χ4v) is 10.7. The van der Waals surface area contributed by atoms with Gasteiger partial charge in [0.05, 0.1) is 18.6 Å². The summed E-state index contributed by atoms with van der Waals surface area (Å²) in [6.07, 6.45) is 2.86. The number of hydrogen-bond donors (Lipinski definition) is 0. The minimum atomic E-state index is -2.61. The number of benzene rings is 2. The van der Waals surface area contributed by atoms with Crippen LogP contribution >= 0.6 is 0 Å². The number of fused-ring (bicyclic) bond motifs is 1. The van der Waals surface area contributed by atoms with E-state index in [-0.39, 0.29) is 22.5 Å². The van der Waals surface area contributed by atoms with Crippen LogP contribution < -0.4 is 10.4 Å². The van der Waals surface area contributed by atoms with Crippen LogP contribution in [0.2, 0.25) is 5.04 Å². The molecule has 0 heterocycles. The molecule has 0 bridgehead atoms. The first-order valence-corrected chi connectivity index (χ1v) is 13.1. The first-order valence-electron chi connectivity index (χ1n) is 11.2. The number of rotatable bonds is 6. The van der Waals surface area contributed by atoms with Gasteiger partial charge in [-0.2, -0.15) is 0 Å². The van der Waals surface area contributed by atoms with E-state index in [1.54, 1.807) is 0 Å². The van der Waals surface area contributed by atoms with Gasteiger partial charge in [0.15, 0.2) is 0 Å². The van der Waals surface area contributed by atoms with E-state index < -0.39 is 8.32 Å². The van der Waals surface area contributed by atoms with Crippen LogP contribution in [0.5, 0.6) is 0 Å². The lowest BCUT2D eigenvalue weighted by Gasteiger charge is -2.46. The number of carbonyl (C=O) groups is 1. The van der Waals surface area contributed by atoms with Gasteiger partial charge in [0.25, 0.3) is 8.32 Å². The maximum absolute atomic E-state index is 12.6. The molecule has 2 aromatic carbocycles. The molecule has 0 saturated heterocycles. The predicted molar refractivity (Wildman–Crippen MR) is 123 cm³/mol. The van der Waals surface area contributed by atoms with Gasteiger partial charge in [-0.05, 0) is 40.1 Å². The Labute approximate surface area is 181 Å². The molecule has 4 rings (SSSR count). The van der Waals surface area contributed by atoms with E-state index in [1.807, 2.05) is 0 Å². The van der Waals surface area contributed by atoms with Crippen LogP contribution in [0.15, 0.2) is 60.7 Å². The molecule has 2 aliphatic carbocycles. The summed E-state index contributed by atoms with van der Waals surface area (Å²) in [4.78, 5) is 12.6. The molecule has 30 heavy (non-hydrogen) atoms. The lowest BCUT2D eigenvalue weighted by atomic mass is 9.98. The van der Waals surface area contributed by atoms with Gasteiger partial charge in [0, 0.05) is 0 Å². The summed E-state index contributed by atoms with van der Waals surface area (Å²) in [5.74, 6) is 0.767. The molecule has 0 aliphatic heterocycles. The highest BCUT2D eigenvalue weighted by molar-refractivity contribution is 6.99. The van der Waals surface area contributed by atoms with E-state index in [2.05, 4.69) is 88.4 Å². The van der Waals surface area contributed by atoms with Crippen molar-refractivity contribution in [2.75, 3.05) is 7.11 Å². The molecule has 4 atom stereocenters. The monoisotopic (exact) mass is 422 g/mol. The second-order valence-electron chi connectivity index (χ2n) is 10.1. The Morgan fingerprint density at radius 2 is 1.53 bits per heavy atom. The lowest BCUT2D eigenvalue weighted by Crippen LogP contribution is -2.68. The highest BCUT2D eigenvalue weighted by atomic mass is 28.4. The van der Waals surface area contributed by atoms with Gasteiger partial charge in [-0.15, -0.1) is 0 Å². The second-order valence-corrected chi connectivity index (χ2v) is 14.3. The molecule has 3 nitrogen and oxygen atoms in total. The minimum Gasteiger partial charge on any atom is -0.469 e. The molecule has 2 aliphatic rings. The Balaban J connectivity index is 1.81. The fraction of sp³-hybridized carbons (Fsp3) is 0.500. The molecule has 2 fully saturated rings. The Morgan fingerprint density at radius 1 is 1.00 bits per heavy atom. The normalized spacial score (nSPS) is 28.1. The summed E-state index contributed by atoms with van der Waals surface area (Å²) in [6, 6.07) is 21.6. The second kappa shape index (κ2) is 7.65. The first kappa shape index (κ1) is 21.3. The highest BCUT2D eigenvalue weighted by Gasteiger charge is 2.71. The van der Waals surface area contributed by atoms with Gasteiger partial charge >= 0.3 is 5.97 Å². The Morgan fingerprint density at radius 3 is 1.97 bits per heavy atom. The zero-order chi connectivity index (χ0) is 21.6. The third-order valence-electron chi connectivity index (χ3n) is 7.50. The van der Waals surface area contributed by atoms with E-state index >= 15 is 0 Å². The quantitative estimate of drug-likeness (QED) is 0.506. The van der Waals surface area contributed by atoms with Crippen molar-refractivity contribution in [3.05, 3.63) is 60.7 Å². The van der Waals surface area contributed by atoms with Crippen molar-refractivity contribution < 1.29 is 14.0 Å². The van der Waals surface area contributed by atoms with Crippen LogP contribution in [0.3, 0.4) is 0 Å². The molecule has 0 aromatic heterocycles. The van der Waals surface area contributed by atoms with Gasteiger partial charge in [-0.1, -0.05) is 94.8 Å². The topological polar surface area (TPSA) is 35.5 Å². The highest BCUT2D eigenvalue weighted by Crippen LogP contribution is 2.68. The average Bonchev–Trinajstić information content (AvgIpc) is 3.38. The molecule has 0 amide bonds. The van der Waals surface area contributed by atoms with E-state index in [0.717, 1.165) is 19.3 Å². The zero-order valence-corrected chi connectivity index (χ0v) is 19.9. The Hall–Kier alpha value is -1.91. The fourth-order valence-electron chi connectivity index (χ4n) is 6.01. The molecule has 0 spiro atoms. The molecule has 0 unspecified atom stereocenters. The van der Waals surface area contributed by atoms with Crippen molar-refractivity contribution >= 4 is 24.7 Å². The molecule has 0 radical (unpaired) electrons. The zero-order valence-electron chi connectivity index (χ0n) is 18.9. The summed E-state index contributed by atoms with van der Waals surface area (Å²) >= 11 is 0. The van der Waals surface area contributed by atoms with E-state index in [0.29, 0.717) is 11.8 Å². The van der Waals surface area contributed by atoms with Crippen LogP contribution in [-0.2, 0) is 14.0 Å². The van der Waals surface area contributed by atoms with Gasteiger partial charge in [0.1, 0.15) is 0 Å². The molecule has 2 saturated carbocycles. The van der Waals surface area contributed by atoms with E-state index in [1.165, 1.54) is 17.5 Å². The number of ether oxygens (including phenoxy) is 1. The standard InChI is InChI=1S/C26H34O3Si/c1-6-21-22-17-26(22,24(27)28-5)18-23(21)29-30(25(2,3)4,19-13-9-7-10-14-19)20-15-11-8-12-16-20/h7-16,21-23H,6,17-18H2,1-5H3/t21-,22+,23-,26+/m0/s1. The molecule has 2 aromatic rings. The third-order valence-corrected chi connectivity index (χ3v) is 12.6. The minimum absolute atomic E-state index is 0.0421. The maximum atomic E-state index is 12.6. The van der Waals surface area contributed by atoms with Crippen molar-refractivity contribution in [1.29, 1.82) is 0 Å². The molecular formula is C26H34O3Si. The van der Waals surface area contributed by atoms with Crippen molar-refractivity contribution in [3.63, 3.8) is 0 Å². The molecule has 0 N–H and O–H groups in total. The summed E-state index contributed by atoms with van der Waals surface area (Å²) in [6.45, 7) is 9.17. The summed E-state index contributed by atoms with van der Waals surface area (Å²) in [5, 5.41) is 2.54. The largest absolute Gasteiger partial charge is 0.469 e. The smallest absolute Gasteiger partial charge is 0.312 e. The average molecular weight is 423 g/mol. The molecule has 160 valence electrons. The number of esters is 1. The van der Waals surface area contributed by atoms with Gasteiger partial charge in [-0.25, -0.2) is 0 Å². The van der Waals surface area contributed by atoms with Crippen molar-refractivity contribution in [2.45, 2.75) is 58.1 Å². The van der Waals surface area contributed by atoms with Crippen LogP contribution in [-0.4, -0.2) is 27.5 Å². The van der Waals surface area contributed by atoms with E-state index in [9.17, 15) is 4.79 Å². The van der Waals surface area contributed by atoms with Crippen LogP contribution in [0.1, 0.15) is 47.0 Å². The van der Waals surface area contributed by atoms with Crippen molar-refractivity contribution in [1.82, 2.24) is 0 Å². The van der Waals surface area contributed by atoms with Crippen LogP contribution in [0.4, 0.5) is 0 Å². The number of hydrogen-bond acceptors (Lipinski definition) is 3. The summed E-state index contributed by atoms with van der Waals surface area (Å²) in [7, 11) is -1.09. The van der Waals surface area contributed by atoms with Gasteiger partial charge < -0.3 is 9.16 Å². The number of methoxy groups -OCH3 is 1. The number of carbonyl (C=O) groups excluding carboxylic acids is 1. The lowest BCUT2D eigenvalue weighted by molar-refractivity contribution is -0.147. The van der Waals surface area contributed by atoms with E-state index in [4.69, 9.17) is 9.16 Å². The SMILES string of the molecule is CC[C@@H]1[C@@H](O[Si](c2ccccc2)(c2ccccc2)C(C)(C)C)C[C@]2(C(=O)OC)C[C@H]12. The summed E-state index contributed by atoms with van der Waals surface area (Å²) < 4.78 is 12.6. The summed E-state index contributed by atoms with van der Waals surface area (Å²) in [5.41, 5.74) is -0.314. The van der Waals surface area contributed by atoms with Crippen molar-refractivity contribution in [2.24, 2.45) is 17.3 Å². The first-order chi connectivity index (χ1) is 14.3.